The Morgan fingerprint density at radius 1 is 1.48 bits per heavy atom. The van der Waals surface area contributed by atoms with E-state index in [1.165, 1.54) is 6.20 Å². The lowest BCUT2D eigenvalue weighted by Gasteiger charge is -2.35. The van der Waals surface area contributed by atoms with Gasteiger partial charge >= 0.3 is 0 Å². The summed E-state index contributed by atoms with van der Waals surface area (Å²) < 4.78 is 0. The molecule has 0 radical (unpaired) electrons. The first-order valence-corrected chi connectivity index (χ1v) is 7.22. The lowest BCUT2D eigenvalue weighted by molar-refractivity contribution is 0.0267. The molecule has 2 atom stereocenters. The van der Waals surface area contributed by atoms with Gasteiger partial charge in [0.15, 0.2) is 0 Å². The SMILES string of the molecule is CN(C(=O)c1cncc(C#CCN)c1)C1CCCCC1O. The van der Waals surface area contributed by atoms with Crippen molar-refractivity contribution in [3.05, 3.63) is 29.6 Å². The van der Waals surface area contributed by atoms with E-state index in [-0.39, 0.29) is 18.5 Å². The third kappa shape index (κ3) is 3.81. The number of carbonyl (C=O) groups is 1. The normalized spacial score (nSPS) is 21.3. The molecule has 1 aliphatic rings. The molecule has 5 nitrogen and oxygen atoms in total. The molecule has 0 saturated heterocycles. The minimum absolute atomic E-state index is 0.120. The van der Waals surface area contributed by atoms with Crippen LogP contribution in [0.4, 0.5) is 0 Å². The average Bonchev–Trinajstić information content (AvgIpc) is 2.52. The Hall–Kier alpha value is -1.90. The molecule has 1 heterocycles. The number of aliphatic hydroxyl groups excluding tert-OH is 1. The van der Waals surface area contributed by atoms with Crippen molar-refractivity contribution in [2.45, 2.75) is 37.8 Å². The topological polar surface area (TPSA) is 79.5 Å². The molecule has 5 heteroatoms. The molecular weight excluding hydrogens is 266 g/mol. The van der Waals surface area contributed by atoms with Crippen molar-refractivity contribution in [1.29, 1.82) is 0 Å². The maximum absolute atomic E-state index is 12.5. The van der Waals surface area contributed by atoms with Crippen molar-refractivity contribution in [3.63, 3.8) is 0 Å². The Labute approximate surface area is 125 Å². The molecule has 0 aromatic carbocycles. The molecule has 2 unspecified atom stereocenters. The Kier molecular flexibility index (Phi) is 5.32. The number of likely N-dealkylation sites (N-methyl/N-ethyl adjacent to an activating group) is 1. The molecular formula is C16H21N3O2. The highest BCUT2D eigenvalue weighted by Gasteiger charge is 2.29. The largest absolute Gasteiger partial charge is 0.391 e. The van der Waals surface area contributed by atoms with E-state index in [1.807, 2.05) is 0 Å². The van der Waals surface area contributed by atoms with Crippen LogP contribution < -0.4 is 5.73 Å². The van der Waals surface area contributed by atoms with Crippen LogP contribution in [0.1, 0.15) is 41.6 Å². The van der Waals surface area contributed by atoms with Crippen LogP contribution in [0.15, 0.2) is 18.5 Å². The predicted octanol–water partition coefficient (Wildman–Crippen LogP) is 0.767. The molecule has 1 saturated carbocycles. The monoisotopic (exact) mass is 287 g/mol. The minimum Gasteiger partial charge on any atom is -0.391 e. The summed E-state index contributed by atoms with van der Waals surface area (Å²) in [6.07, 6.45) is 6.34. The molecule has 1 fully saturated rings. The number of hydrogen-bond acceptors (Lipinski definition) is 4. The minimum atomic E-state index is -0.444. The lowest BCUT2D eigenvalue weighted by atomic mass is 9.91. The van der Waals surface area contributed by atoms with Crippen LogP contribution in [0.3, 0.4) is 0 Å². The summed E-state index contributed by atoms with van der Waals surface area (Å²) >= 11 is 0. The first-order chi connectivity index (χ1) is 10.1. The van der Waals surface area contributed by atoms with Gasteiger partial charge in [-0.05, 0) is 18.9 Å². The van der Waals surface area contributed by atoms with E-state index in [2.05, 4.69) is 16.8 Å². The Bertz CT molecular complexity index is 562. The number of aliphatic hydroxyl groups is 1. The summed E-state index contributed by atoms with van der Waals surface area (Å²) in [6, 6.07) is 1.59. The van der Waals surface area contributed by atoms with Gasteiger partial charge in [0.05, 0.1) is 24.3 Å². The lowest BCUT2D eigenvalue weighted by Crippen LogP contribution is -2.46. The average molecular weight is 287 g/mol. The molecule has 0 aliphatic heterocycles. The zero-order valence-corrected chi connectivity index (χ0v) is 12.2. The summed E-state index contributed by atoms with van der Waals surface area (Å²) in [6.45, 7) is 0.270. The number of pyridine rings is 1. The molecule has 1 aliphatic carbocycles. The van der Waals surface area contributed by atoms with Crippen LogP contribution in [0.2, 0.25) is 0 Å². The molecule has 1 aromatic rings. The van der Waals surface area contributed by atoms with Gasteiger partial charge in [0, 0.05) is 25.0 Å². The van der Waals surface area contributed by atoms with E-state index in [0.29, 0.717) is 11.1 Å². The highest BCUT2D eigenvalue weighted by molar-refractivity contribution is 5.94. The second kappa shape index (κ2) is 7.21. The first-order valence-electron chi connectivity index (χ1n) is 7.22. The Morgan fingerprint density at radius 3 is 2.95 bits per heavy atom. The van der Waals surface area contributed by atoms with Crippen molar-refractivity contribution < 1.29 is 9.90 Å². The molecule has 112 valence electrons. The van der Waals surface area contributed by atoms with Crippen molar-refractivity contribution in [1.82, 2.24) is 9.88 Å². The number of amides is 1. The van der Waals surface area contributed by atoms with E-state index in [1.54, 1.807) is 24.2 Å². The van der Waals surface area contributed by atoms with E-state index in [4.69, 9.17) is 5.73 Å². The number of rotatable bonds is 2. The number of aromatic nitrogens is 1. The smallest absolute Gasteiger partial charge is 0.255 e. The van der Waals surface area contributed by atoms with E-state index < -0.39 is 6.10 Å². The van der Waals surface area contributed by atoms with E-state index in [0.717, 1.165) is 25.7 Å². The Balaban J connectivity index is 2.15. The van der Waals surface area contributed by atoms with Crippen molar-refractivity contribution in [2.24, 2.45) is 5.73 Å². The maximum Gasteiger partial charge on any atom is 0.255 e. The van der Waals surface area contributed by atoms with Gasteiger partial charge < -0.3 is 15.7 Å². The van der Waals surface area contributed by atoms with Gasteiger partial charge in [0.1, 0.15) is 0 Å². The molecule has 21 heavy (non-hydrogen) atoms. The van der Waals surface area contributed by atoms with Gasteiger partial charge in [-0.15, -0.1) is 0 Å². The van der Waals surface area contributed by atoms with Gasteiger partial charge in [-0.3, -0.25) is 9.78 Å². The fourth-order valence-corrected chi connectivity index (χ4v) is 2.68. The van der Waals surface area contributed by atoms with Crippen LogP contribution in [0.25, 0.3) is 0 Å². The highest BCUT2D eigenvalue weighted by atomic mass is 16.3. The first kappa shape index (κ1) is 15.5. The number of nitrogens with zero attached hydrogens (tertiary/aromatic N) is 2. The van der Waals surface area contributed by atoms with Crippen molar-refractivity contribution in [3.8, 4) is 11.8 Å². The Morgan fingerprint density at radius 2 is 2.24 bits per heavy atom. The highest BCUT2D eigenvalue weighted by Crippen LogP contribution is 2.23. The molecule has 1 aromatic heterocycles. The standard InChI is InChI=1S/C16H21N3O2/c1-19(14-6-2-3-7-15(14)20)16(21)13-9-12(5-4-8-17)10-18-11-13/h9-11,14-15,20H,2-3,6-8,17H2,1H3. The quantitative estimate of drug-likeness (QED) is 0.787. The number of carbonyl (C=O) groups excluding carboxylic acids is 1. The molecule has 0 bridgehead atoms. The summed E-state index contributed by atoms with van der Waals surface area (Å²) in [4.78, 5) is 18.2. The second-order valence-electron chi connectivity index (χ2n) is 5.30. The summed E-state index contributed by atoms with van der Waals surface area (Å²) in [7, 11) is 1.74. The van der Waals surface area contributed by atoms with Gasteiger partial charge in [0.25, 0.3) is 5.91 Å². The fourth-order valence-electron chi connectivity index (χ4n) is 2.68. The third-order valence-electron chi connectivity index (χ3n) is 3.83. The fraction of sp³-hybridized carbons (Fsp3) is 0.500. The number of hydrogen-bond donors (Lipinski definition) is 2. The summed E-state index contributed by atoms with van der Waals surface area (Å²) in [5.41, 5.74) is 6.49. The van der Waals surface area contributed by atoms with E-state index >= 15 is 0 Å². The zero-order chi connectivity index (χ0) is 15.2. The third-order valence-corrected chi connectivity index (χ3v) is 3.83. The van der Waals surface area contributed by atoms with Crippen LogP contribution >= 0.6 is 0 Å². The molecule has 1 amide bonds. The zero-order valence-electron chi connectivity index (χ0n) is 12.2. The van der Waals surface area contributed by atoms with Crippen LogP contribution in [-0.2, 0) is 0 Å². The van der Waals surface area contributed by atoms with Crippen LogP contribution in [0.5, 0.6) is 0 Å². The van der Waals surface area contributed by atoms with Gasteiger partial charge in [-0.2, -0.15) is 0 Å². The molecule has 3 N–H and O–H groups in total. The van der Waals surface area contributed by atoms with Gasteiger partial charge in [-0.25, -0.2) is 0 Å². The summed E-state index contributed by atoms with van der Waals surface area (Å²) in [5, 5.41) is 10.1. The molecule has 0 spiro atoms. The van der Waals surface area contributed by atoms with Gasteiger partial charge in [-0.1, -0.05) is 24.7 Å². The maximum atomic E-state index is 12.5. The predicted molar refractivity (Wildman–Crippen MR) is 80.5 cm³/mol. The molecule has 2 rings (SSSR count). The second-order valence-corrected chi connectivity index (χ2v) is 5.30. The number of nitrogens with two attached hydrogens (primary N) is 1. The van der Waals surface area contributed by atoms with Crippen LogP contribution in [0, 0.1) is 11.8 Å². The van der Waals surface area contributed by atoms with Gasteiger partial charge in [0.2, 0.25) is 0 Å². The van der Waals surface area contributed by atoms with Crippen molar-refractivity contribution >= 4 is 5.91 Å². The summed E-state index contributed by atoms with van der Waals surface area (Å²) in [5.74, 6) is 5.48. The van der Waals surface area contributed by atoms with Crippen molar-refractivity contribution in [2.75, 3.05) is 13.6 Å². The van der Waals surface area contributed by atoms with Crippen LogP contribution in [-0.4, -0.2) is 46.6 Å². The van der Waals surface area contributed by atoms with E-state index in [9.17, 15) is 9.90 Å².